The predicted molar refractivity (Wildman–Crippen MR) is 70.4 cm³/mol. The minimum Gasteiger partial charge on any atom is -0.394 e. The van der Waals surface area contributed by atoms with E-state index in [1.54, 1.807) is 6.20 Å². The molecule has 20 heavy (non-hydrogen) atoms. The van der Waals surface area contributed by atoms with E-state index in [1.165, 1.54) is 4.90 Å². The standard InChI is InChI=1S/C11H16BrN3O5/c12-4-2-15(11(18)14-10(4)13)7-1-5-9(20-5)8(17)6(3-16)19-7/h2,5-10,16-17H,1,3,13H2,(H,14,18)/t5-,6-,7?,8-,9-,10?/m1/s1. The number of carbonyl (C=O) groups is 1. The second-order valence-electron chi connectivity index (χ2n) is 5.03. The van der Waals surface area contributed by atoms with Gasteiger partial charge < -0.3 is 30.7 Å². The Morgan fingerprint density at radius 3 is 3.00 bits per heavy atom. The van der Waals surface area contributed by atoms with Gasteiger partial charge in [0.25, 0.3) is 0 Å². The SMILES string of the molecule is NC1NC(=O)N(C2C[C@H]3O[C@H]3[C@H](O)[C@@H](CO)O2)C=C1Br. The molecule has 8 nitrogen and oxygen atoms in total. The normalized spacial score (nSPS) is 44.3. The molecule has 3 rings (SSSR count). The fraction of sp³-hybridized carbons (Fsp3) is 0.727. The van der Waals surface area contributed by atoms with E-state index in [9.17, 15) is 15.0 Å². The molecule has 5 N–H and O–H groups in total. The van der Waals surface area contributed by atoms with E-state index in [2.05, 4.69) is 21.2 Å². The monoisotopic (exact) mass is 349 g/mol. The summed E-state index contributed by atoms with van der Waals surface area (Å²) in [6.07, 6.45) is -1.41. The van der Waals surface area contributed by atoms with Crippen molar-refractivity contribution in [3.8, 4) is 0 Å². The van der Waals surface area contributed by atoms with Crippen LogP contribution in [0.25, 0.3) is 0 Å². The molecule has 2 unspecified atom stereocenters. The maximum absolute atomic E-state index is 12.0. The van der Waals surface area contributed by atoms with Crippen LogP contribution in [0.1, 0.15) is 6.42 Å². The van der Waals surface area contributed by atoms with E-state index >= 15 is 0 Å². The summed E-state index contributed by atoms with van der Waals surface area (Å²) in [5.74, 6) is 0. The number of ether oxygens (including phenoxy) is 2. The molecular weight excluding hydrogens is 334 g/mol. The number of fused-ring (bicyclic) bond motifs is 1. The quantitative estimate of drug-likeness (QED) is 0.463. The lowest BCUT2D eigenvalue weighted by Crippen LogP contribution is -2.55. The Kier molecular flexibility index (Phi) is 3.73. The number of carbonyl (C=O) groups excluding carboxylic acids is 1. The van der Waals surface area contributed by atoms with Gasteiger partial charge in [-0.2, -0.15) is 0 Å². The third-order valence-corrected chi connectivity index (χ3v) is 4.37. The number of nitrogens with one attached hydrogen (secondary N) is 1. The number of halogens is 1. The van der Waals surface area contributed by atoms with Crippen LogP contribution in [0.4, 0.5) is 4.79 Å². The van der Waals surface area contributed by atoms with Crippen molar-refractivity contribution in [2.24, 2.45) is 5.73 Å². The fourth-order valence-electron chi connectivity index (χ4n) is 2.49. The van der Waals surface area contributed by atoms with Crippen molar-refractivity contribution in [1.29, 1.82) is 0 Å². The summed E-state index contributed by atoms with van der Waals surface area (Å²) in [4.78, 5) is 13.3. The van der Waals surface area contributed by atoms with Crippen LogP contribution < -0.4 is 11.1 Å². The number of hydrogen-bond donors (Lipinski definition) is 4. The van der Waals surface area contributed by atoms with Crippen molar-refractivity contribution in [2.75, 3.05) is 6.61 Å². The van der Waals surface area contributed by atoms with E-state index < -0.39 is 30.6 Å². The van der Waals surface area contributed by atoms with Gasteiger partial charge in [0.05, 0.1) is 12.7 Å². The predicted octanol–water partition coefficient (Wildman–Crippen LogP) is -1.23. The number of aliphatic hydroxyl groups is 2. The van der Waals surface area contributed by atoms with E-state index in [1.807, 2.05) is 0 Å². The number of amides is 2. The number of epoxide rings is 1. The molecule has 3 aliphatic heterocycles. The van der Waals surface area contributed by atoms with E-state index in [0.717, 1.165) is 0 Å². The second-order valence-corrected chi connectivity index (χ2v) is 5.94. The van der Waals surface area contributed by atoms with Crippen LogP contribution in [0, 0.1) is 0 Å². The number of urea groups is 1. The smallest absolute Gasteiger partial charge is 0.325 e. The molecule has 3 aliphatic rings. The first-order valence-electron chi connectivity index (χ1n) is 6.32. The largest absolute Gasteiger partial charge is 0.394 e. The minimum absolute atomic E-state index is 0.165. The van der Waals surface area contributed by atoms with E-state index in [0.29, 0.717) is 10.9 Å². The molecule has 3 heterocycles. The molecule has 9 heteroatoms. The zero-order valence-corrected chi connectivity index (χ0v) is 12.1. The minimum atomic E-state index is -0.891. The van der Waals surface area contributed by atoms with Gasteiger partial charge in [-0.25, -0.2) is 4.79 Å². The van der Waals surface area contributed by atoms with E-state index in [4.69, 9.17) is 15.2 Å². The molecule has 112 valence electrons. The van der Waals surface area contributed by atoms with Gasteiger partial charge in [0.15, 0.2) is 0 Å². The first-order valence-corrected chi connectivity index (χ1v) is 7.12. The van der Waals surface area contributed by atoms with Gasteiger partial charge >= 0.3 is 6.03 Å². The third-order valence-electron chi connectivity index (χ3n) is 3.67. The Morgan fingerprint density at radius 1 is 1.55 bits per heavy atom. The molecule has 0 aromatic heterocycles. The molecule has 0 radical (unpaired) electrons. The lowest BCUT2D eigenvalue weighted by molar-refractivity contribution is -0.133. The Hall–Kier alpha value is -0.710. The van der Waals surface area contributed by atoms with Gasteiger partial charge in [-0.1, -0.05) is 15.9 Å². The van der Waals surface area contributed by atoms with Crippen LogP contribution in [-0.2, 0) is 9.47 Å². The summed E-state index contributed by atoms with van der Waals surface area (Å²) in [5.41, 5.74) is 5.68. The molecule has 2 amide bonds. The summed E-state index contributed by atoms with van der Waals surface area (Å²) in [7, 11) is 0. The van der Waals surface area contributed by atoms with E-state index in [-0.39, 0.29) is 18.8 Å². The van der Waals surface area contributed by atoms with Crippen molar-refractivity contribution in [3.63, 3.8) is 0 Å². The van der Waals surface area contributed by atoms with Crippen LogP contribution in [0.5, 0.6) is 0 Å². The zero-order valence-electron chi connectivity index (χ0n) is 10.5. The second kappa shape index (κ2) is 5.24. The average molecular weight is 350 g/mol. The fourth-order valence-corrected chi connectivity index (χ4v) is 2.82. The Labute approximate surface area is 123 Å². The van der Waals surface area contributed by atoms with Gasteiger partial charge in [0, 0.05) is 17.1 Å². The highest BCUT2D eigenvalue weighted by Crippen LogP contribution is 2.37. The maximum atomic E-state index is 12.0. The van der Waals surface area contributed by atoms with Crippen LogP contribution in [0.2, 0.25) is 0 Å². The molecule has 2 fully saturated rings. The van der Waals surface area contributed by atoms with Crippen molar-refractivity contribution in [3.05, 3.63) is 10.7 Å². The van der Waals surface area contributed by atoms with Crippen LogP contribution >= 0.6 is 15.9 Å². The highest BCUT2D eigenvalue weighted by molar-refractivity contribution is 9.11. The van der Waals surface area contributed by atoms with Gasteiger partial charge in [0.2, 0.25) is 0 Å². The first-order chi connectivity index (χ1) is 9.51. The van der Waals surface area contributed by atoms with Gasteiger partial charge in [-0.05, 0) is 0 Å². The molecule has 0 aliphatic carbocycles. The molecular formula is C11H16BrN3O5. The Morgan fingerprint density at radius 2 is 2.30 bits per heavy atom. The van der Waals surface area contributed by atoms with Crippen molar-refractivity contribution >= 4 is 22.0 Å². The van der Waals surface area contributed by atoms with Gasteiger partial charge in [-0.3, -0.25) is 4.90 Å². The molecule has 2 saturated heterocycles. The summed E-state index contributed by atoms with van der Waals surface area (Å²) >= 11 is 3.27. The lowest BCUT2D eigenvalue weighted by atomic mass is 10.1. The highest BCUT2D eigenvalue weighted by Gasteiger charge is 2.53. The van der Waals surface area contributed by atoms with Crippen LogP contribution in [0.3, 0.4) is 0 Å². The average Bonchev–Trinajstić information content (AvgIpc) is 3.17. The Bertz CT molecular complexity index is 448. The van der Waals surface area contributed by atoms with Crippen LogP contribution in [-0.4, -0.2) is 64.6 Å². The molecule has 6 atom stereocenters. The Balaban J connectivity index is 1.80. The summed E-state index contributed by atoms with van der Waals surface area (Å²) in [5, 5.41) is 21.8. The lowest BCUT2D eigenvalue weighted by Gasteiger charge is -2.35. The molecule has 0 aromatic carbocycles. The summed E-state index contributed by atoms with van der Waals surface area (Å²) in [6.45, 7) is -0.343. The van der Waals surface area contributed by atoms with Crippen LogP contribution in [0.15, 0.2) is 10.7 Å². The number of nitrogens with zero attached hydrogens (tertiary/aromatic N) is 1. The van der Waals surface area contributed by atoms with Crippen molar-refractivity contribution in [1.82, 2.24) is 10.2 Å². The van der Waals surface area contributed by atoms with Crippen molar-refractivity contribution in [2.45, 2.75) is 43.2 Å². The number of hydrogen-bond acceptors (Lipinski definition) is 6. The summed E-state index contributed by atoms with van der Waals surface area (Å²) in [6, 6.07) is -0.393. The molecule has 0 bridgehead atoms. The third kappa shape index (κ3) is 2.45. The van der Waals surface area contributed by atoms with Gasteiger partial charge in [-0.15, -0.1) is 0 Å². The molecule has 0 aromatic rings. The number of aliphatic hydroxyl groups excluding tert-OH is 2. The number of rotatable bonds is 2. The zero-order chi connectivity index (χ0) is 14.4. The molecule has 0 saturated carbocycles. The topological polar surface area (TPSA) is 121 Å². The van der Waals surface area contributed by atoms with Crippen molar-refractivity contribution < 1.29 is 24.5 Å². The van der Waals surface area contributed by atoms with Gasteiger partial charge in [0.1, 0.15) is 30.7 Å². The first kappa shape index (κ1) is 14.2. The number of nitrogens with two attached hydrogens (primary N) is 1. The highest BCUT2D eigenvalue weighted by atomic mass is 79.9. The maximum Gasteiger partial charge on any atom is 0.325 e. The summed E-state index contributed by atoms with van der Waals surface area (Å²) < 4.78 is 11.6. The molecule has 0 spiro atoms.